The number of fused-ring (bicyclic) bond motifs is 1. The fourth-order valence-electron chi connectivity index (χ4n) is 3.27. The van der Waals surface area contributed by atoms with Gasteiger partial charge >= 0.3 is 6.18 Å². The van der Waals surface area contributed by atoms with Gasteiger partial charge in [-0.1, -0.05) is 18.2 Å². The van der Waals surface area contributed by atoms with E-state index in [-0.39, 0.29) is 12.3 Å². The Hall–Kier alpha value is -3.94. The zero-order valence-corrected chi connectivity index (χ0v) is 16.0. The monoisotopic (exact) mass is 424 g/mol. The van der Waals surface area contributed by atoms with E-state index >= 15 is 0 Å². The van der Waals surface area contributed by atoms with Crippen molar-refractivity contribution in [1.29, 1.82) is 0 Å². The van der Waals surface area contributed by atoms with Gasteiger partial charge in [0.05, 0.1) is 23.1 Å². The van der Waals surface area contributed by atoms with Crippen LogP contribution in [0.3, 0.4) is 0 Å². The van der Waals surface area contributed by atoms with E-state index in [1.807, 2.05) is 0 Å². The molecule has 0 bridgehead atoms. The number of nitrogens with zero attached hydrogens (tertiary/aromatic N) is 2. The number of halogens is 3. The molecule has 0 aliphatic carbocycles. The minimum atomic E-state index is -4.47. The number of ether oxygens (including phenoxy) is 1. The zero-order valence-electron chi connectivity index (χ0n) is 16.0. The second-order valence-corrected chi connectivity index (χ2v) is 6.73. The molecule has 0 aliphatic rings. The molecule has 4 aromatic rings. The molecule has 0 amide bonds. The standard InChI is InChI=1S/C23H15F3N2O3/c24-23(25,26)17-4-2-6-19(13-17)31-18-5-1-3-16(12-18)22-27-20-11-15(14-30)7-8-21(20)28(22)9-10-29/h1-8,10-14H,9H2. The van der Waals surface area contributed by atoms with E-state index in [0.29, 0.717) is 40.0 Å². The lowest BCUT2D eigenvalue weighted by atomic mass is 10.2. The normalized spacial score (nSPS) is 11.5. The minimum absolute atomic E-state index is 0.0454. The number of imidazole rings is 1. The van der Waals surface area contributed by atoms with Crippen LogP contribution in [0.15, 0.2) is 66.7 Å². The molecule has 8 heteroatoms. The minimum Gasteiger partial charge on any atom is -0.457 e. The molecule has 0 radical (unpaired) electrons. The van der Waals surface area contributed by atoms with E-state index < -0.39 is 11.7 Å². The third kappa shape index (κ3) is 4.18. The molecule has 0 aliphatic heterocycles. The largest absolute Gasteiger partial charge is 0.457 e. The summed E-state index contributed by atoms with van der Waals surface area (Å²) in [5, 5.41) is 0. The maximum Gasteiger partial charge on any atom is 0.416 e. The van der Waals surface area contributed by atoms with Gasteiger partial charge in [-0.25, -0.2) is 4.98 Å². The number of aldehydes is 2. The van der Waals surface area contributed by atoms with E-state index in [2.05, 4.69) is 4.98 Å². The Labute approximate surface area is 174 Å². The first-order valence-corrected chi connectivity index (χ1v) is 9.23. The number of hydrogen-bond acceptors (Lipinski definition) is 4. The van der Waals surface area contributed by atoms with E-state index in [0.717, 1.165) is 18.4 Å². The summed E-state index contributed by atoms with van der Waals surface area (Å²) < 4.78 is 46.2. The smallest absolute Gasteiger partial charge is 0.416 e. The van der Waals surface area contributed by atoms with Crippen molar-refractivity contribution in [3.63, 3.8) is 0 Å². The summed E-state index contributed by atoms with van der Waals surface area (Å²) in [5.74, 6) is 0.832. The second-order valence-electron chi connectivity index (χ2n) is 6.73. The summed E-state index contributed by atoms with van der Waals surface area (Å²) in [5.41, 5.74) is 1.48. The Bertz CT molecular complexity index is 1280. The van der Waals surface area contributed by atoms with Gasteiger partial charge in [0.25, 0.3) is 0 Å². The zero-order chi connectivity index (χ0) is 22.0. The summed E-state index contributed by atoms with van der Waals surface area (Å²) in [6.07, 6.45) is -3.02. The second kappa shape index (κ2) is 8.06. The van der Waals surface area contributed by atoms with Crippen molar-refractivity contribution in [2.45, 2.75) is 12.7 Å². The van der Waals surface area contributed by atoms with Crippen LogP contribution in [-0.2, 0) is 17.5 Å². The summed E-state index contributed by atoms with van der Waals surface area (Å²) in [6, 6.07) is 16.2. The molecule has 5 nitrogen and oxygen atoms in total. The number of alkyl halides is 3. The molecular formula is C23H15F3N2O3. The Morgan fingerprint density at radius 1 is 0.935 bits per heavy atom. The fraction of sp³-hybridized carbons (Fsp3) is 0.0870. The molecule has 0 N–H and O–H groups in total. The molecule has 4 rings (SSSR count). The molecule has 0 fully saturated rings. The van der Waals surface area contributed by atoms with Gasteiger partial charge in [-0.2, -0.15) is 13.2 Å². The van der Waals surface area contributed by atoms with Crippen LogP contribution >= 0.6 is 0 Å². The lowest BCUT2D eigenvalue weighted by molar-refractivity contribution is -0.137. The molecule has 0 atom stereocenters. The summed E-state index contributed by atoms with van der Waals surface area (Å²) in [4.78, 5) is 26.8. The summed E-state index contributed by atoms with van der Waals surface area (Å²) in [7, 11) is 0. The molecule has 0 unspecified atom stereocenters. The summed E-state index contributed by atoms with van der Waals surface area (Å²) in [6.45, 7) is 0.0466. The van der Waals surface area contributed by atoms with Crippen molar-refractivity contribution in [2.75, 3.05) is 0 Å². The predicted octanol–water partition coefficient (Wildman–Crippen LogP) is 5.53. The van der Waals surface area contributed by atoms with E-state index in [1.54, 1.807) is 47.0 Å². The highest BCUT2D eigenvalue weighted by molar-refractivity contribution is 5.87. The third-order valence-electron chi connectivity index (χ3n) is 4.65. The molecular weight excluding hydrogens is 409 g/mol. The maximum absolute atomic E-state index is 12.9. The van der Waals surface area contributed by atoms with E-state index in [1.165, 1.54) is 12.1 Å². The van der Waals surface area contributed by atoms with Crippen molar-refractivity contribution in [1.82, 2.24) is 9.55 Å². The Balaban J connectivity index is 1.73. The van der Waals surface area contributed by atoms with Gasteiger partial charge in [-0.05, 0) is 48.5 Å². The van der Waals surface area contributed by atoms with Gasteiger partial charge in [-0.3, -0.25) is 4.79 Å². The molecule has 156 valence electrons. The van der Waals surface area contributed by atoms with Crippen molar-refractivity contribution in [3.05, 3.63) is 77.9 Å². The van der Waals surface area contributed by atoms with Gasteiger partial charge in [0.15, 0.2) is 0 Å². The molecule has 1 aromatic heterocycles. The number of aromatic nitrogens is 2. The Morgan fingerprint density at radius 3 is 2.39 bits per heavy atom. The number of rotatable bonds is 6. The van der Waals surface area contributed by atoms with Crippen molar-refractivity contribution in [3.8, 4) is 22.9 Å². The van der Waals surface area contributed by atoms with Gasteiger partial charge in [-0.15, -0.1) is 0 Å². The van der Waals surface area contributed by atoms with Crippen LogP contribution in [0.25, 0.3) is 22.4 Å². The number of carbonyl (C=O) groups is 2. The van der Waals surface area contributed by atoms with Crippen molar-refractivity contribution in [2.24, 2.45) is 0 Å². The molecule has 0 saturated heterocycles. The van der Waals surface area contributed by atoms with Gasteiger partial charge in [0.2, 0.25) is 0 Å². The number of carbonyl (C=O) groups excluding carboxylic acids is 2. The van der Waals surface area contributed by atoms with Crippen LogP contribution in [0.4, 0.5) is 13.2 Å². The number of hydrogen-bond donors (Lipinski definition) is 0. The summed E-state index contributed by atoms with van der Waals surface area (Å²) >= 11 is 0. The van der Waals surface area contributed by atoms with E-state index in [9.17, 15) is 22.8 Å². The number of benzene rings is 3. The first-order chi connectivity index (χ1) is 14.9. The highest BCUT2D eigenvalue weighted by Gasteiger charge is 2.30. The Kier molecular flexibility index (Phi) is 5.29. The molecule has 3 aromatic carbocycles. The third-order valence-corrected chi connectivity index (χ3v) is 4.65. The average Bonchev–Trinajstić information content (AvgIpc) is 3.11. The molecule has 0 saturated carbocycles. The lowest BCUT2D eigenvalue weighted by Gasteiger charge is -2.11. The quantitative estimate of drug-likeness (QED) is 0.382. The molecule has 0 spiro atoms. The van der Waals surface area contributed by atoms with Crippen molar-refractivity contribution >= 4 is 23.6 Å². The first kappa shape index (κ1) is 20.3. The van der Waals surface area contributed by atoms with Crippen LogP contribution in [-0.4, -0.2) is 22.1 Å². The van der Waals surface area contributed by atoms with Crippen LogP contribution < -0.4 is 4.74 Å². The first-order valence-electron chi connectivity index (χ1n) is 9.23. The average molecular weight is 424 g/mol. The SMILES string of the molecule is O=CCn1c(-c2cccc(Oc3cccc(C(F)(F)F)c3)c2)nc2cc(C=O)ccc21. The highest BCUT2D eigenvalue weighted by atomic mass is 19.4. The van der Waals surface area contributed by atoms with Gasteiger partial charge < -0.3 is 14.1 Å². The molecule has 31 heavy (non-hydrogen) atoms. The van der Waals surface area contributed by atoms with Crippen molar-refractivity contribution < 1.29 is 27.5 Å². The van der Waals surface area contributed by atoms with Crippen LogP contribution in [0, 0.1) is 0 Å². The van der Waals surface area contributed by atoms with Gasteiger partial charge in [0.1, 0.15) is 29.9 Å². The lowest BCUT2D eigenvalue weighted by Crippen LogP contribution is -2.04. The predicted molar refractivity (Wildman–Crippen MR) is 108 cm³/mol. The topological polar surface area (TPSA) is 61.2 Å². The van der Waals surface area contributed by atoms with Crippen LogP contribution in [0.5, 0.6) is 11.5 Å². The fourth-order valence-corrected chi connectivity index (χ4v) is 3.27. The van der Waals surface area contributed by atoms with Crippen LogP contribution in [0.2, 0.25) is 0 Å². The Morgan fingerprint density at radius 2 is 1.68 bits per heavy atom. The maximum atomic E-state index is 12.9. The highest BCUT2D eigenvalue weighted by Crippen LogP contribution is 2.34. The molecule has 1 heterocycles. The van der Waals surface area contributed by atoms with E-state index in [4.69, 9.17) is 4.74 Å². The van der Waals surface area contributed by atoms with Crippen LogP contribution in [0.1, 0.15) is 15.9 Å². The van der Waals surface area contributed by atoms with Gasteiger partial charge in [0, 0.05) is 11.1 Å².